The summed E-state index contributed by atoms with van der Waals surface area (Å²) in [6.07, 6.45) is 7.74. The van der Waals surface area contributed by atoms with Gasteiger partial charge in [-0.3, -0.25) is 0 Å². The summed E-state index contributed by atoms with van der Waals surface area (Å²) in [5, 5.41) is 3.47. The van der Waals surface area contributed by atoms with Crippen LogP contribution in [0.15, 0.2) is 0 Å². The van der Waals surface area contributed by atoms with Crippen LogP contribution in [0.4, 0.5) is 0 Å². The van der Waals surface area contributed by atoms with Crippen LogP contribution in [-0.4, -0.2) is 26.8 Å². The van der Waals surface area contributed by atoms with Crippen molar-refractivity contribution in [3.05, 3.63) is 0 Å². The van der Waals surface area contributed by atoms with E-state index < -0.39 is 0 Å². The second-order valence-corrected chi connectivity index (χ2v) is 4.34. The Morgan fingerprint density at radius 2 is 1.87 bits per heavy atom. The summed E-state index contributed by atoms with van der Waals surface area (Å²) in [4.78, 5) is 0. The Morgan fingerprint density at radius 1 is 1.13 bits per heavy atom. The molecule has 0 saturated carbocycles. The third-order valence-electron chi connectivity index (χ3n) is 3.26. The minimum atomic E-state index is 0.677. The Labute approximate surface area is 95.8 Å². The summed E-state index contributed by atoms with van der Waals surface area (Å²) in [5.74, 6) is 0.840. The predicted octanol–water partition coefficient (Wildman–Crippen LogP) is 3.22. The highest BCUT2D eigenvalue weighted by Crippen LogP contribution is 2.19. The molecule has 0 fully saturated rings. The molecule has 92 valence electrons. The second-order valence-electron chi connectivity index (χ2n) is 4.34. The predicted molar refractivity (Wildman–Crippen MR) is 67.3 cm³/mol. The Bertz CT molecular complexity index is 128. The first-order valence-electron chi connectivity index (χ1n) is 6.46. The number of rotatable bonds is 10. The molecular formula is C13H29NO. The monoisotopic (exact) mass is 215 g/mol. The lowest BCUT2D eigenvalue weighted by atomic mass is 9.89. The van der Waals surface area contributed by atoms with E-state index in [2.05, 4.69) is 26.2 Å². The molecule has 0 aromatic carbocycles. The van der Waals surface area contributed by atoms with Gasteiger partial charge in [-0.05, 0) is 32.2 Å². The maximum Gasteiger partial charge on any atom is 0.0462 e. The lowest BCUT2D eigenvalue weighted by molar-refractivity contribution is 0.182. The smallest absolute Gasteiger partial charge is 0.0462 e. The molecule has 0 bridgehead atoms. The van der Waals surface area contributed by atoms with Crippen LogP contribution in [-0.2, 0) is 4.74 Å². The molecule has 0 aliphatic carbocycles. The number of ether oxygens (including phenoxy) is 1. The van der Waals surface area contributed by atoms with Gasteiger partial charge in [-0.15, -0.1) is 0 Å². The molecule has 0 aromatic rings. The molecule has 15 heavy (non-hydrogen) atoms. The van der Waals surface area contributed by atoms with Crippen molar-refractivity contribution in [2.75, 3.05) is 20.8 Å². The zero-order valence-electron chi connectivity index (χ0n) is 11.0. The van der Waals surface area contributed by atoms with Crippen molar-refractivity contribution in [2.24, 2.45) is 5.92 Å². The van der Waals surface area contributed by atoms with Gasteiger partial charge in [0.25, 0.3) is 0 Å². The quantitative estimate of drug-likeness (QED) is 0.565. The maximum absolute atomic E-state index is 5.10. The number of hydrogen-bond donors (Lipinski definition) is 1. The van der Waals surface area contributed by atoms with Gasteiger partial charge >= 0.3 is 0 Å². The first kappa shape index (κ1) is 14.9. The van der Waals surface area contributed by atoms with Gasteiger partial charge in [-0.25, -0.2) is 0 Å². The molecule has 0 amide bonds. The van der Waals surface area contributed by atoms with Gasteiger partial charge in [-0.1, -0.05) is 33.1 Å². The Balaban J connectivity index is 3.85. The highest BCUT2D eigenvalue weighted by molar-refractivity contribution is 4.74. The van der Waals surface area contributed by atoms with Crippen LogP contribution in [0.5, 0.6) is 0 Å². The van der Waals surface area contributed by atoms with Crippen molar-refractivity contribution in [1.82, 2.24) is 5.32 Å². The lowest BCUT2D eigenvalue weighted by Crippen LogP contribution is -2.33. The highest BCUT2D eigenvalue weighted by atomic mass is 16.5. The van der Waals surface area contributed by atoms with Gasteiger partial charge in [-0.2, -0.15) is 0 Å². The molecule has 0 radical (unpaired) electrons. The second kappa shape index (κ2) is 10.4. The average molecular weight is 215 g/mol. The summed E-state index contributed by atoms with van der Waals surface area (Å²) in [5.41, 5.74) is 0. The fourth-order valence-electron chi connectivity index (χ4n) is 2.22. The van der Waals surface area contributed by atoms with Gasteiger partial charge in [0.1, 0.15) is 0 Å². The van der Waals surface area contributed by atoms with Crippen molar-refractivity contribution in [2.45, 2.75) is 58.4 Å². The summed E-state index contributed by atoms with van der Waals surface area (Å²) < 4.78 is 5.10. The van der Waals surface area contributed by atoms with Crippen LogP contribution in [0.3, 0.4) is 0 Å². The summed E-state index contributed by atoms with van der Waals surface area (Å²) in [6.45, 7) is 5.47. The largest absolute Gasteiger partial charge is 0.385 e. The fourth-order valence-corrected chi connectivity index (χ4v) is 2.22. The van der Waals surface area contributed by atoms with Crippen molar-refractivity contribution in [1.29, 1.82) is 0 Å². The number of unbranched alkanes of at least 4 members (excludes halogenated alkanes) is 1. The molecule has 2 nitrogen and oxygen atoms in total. The van der Waals surface area contributed by atoms with Gasteiger partial charge in [0.2, 0.25) is 0 Å². The summed E-state index contributed by atoms with van der Waals surface area (Å²) >= 11 is 0. The molecule has 0 rings (SSSR count). The van der Waals surface area contributed by atoms with Gasteiger partial charge < -0.3 is 10.1 Å². The molecule has 0 saturated heterocycles. The highest BCUT2D eigenvalue weighted by Gasteiger charge is 2.16. The molecular weight excluding hydrogens is 186 g/mol. The van der Waals surface area contributed by atoms with Crippen LogP contribution in [0, 0.1) is 5.92 Å². The molecule has 0 aliphatic heterocycles. The van der Waals surface area contributed by atoms with Gasteiger partial charge in [0.05, 0.1) is 0 Å². The first-order chi connectivity index (χ1) is 7.29. The standard InChI is InChI=1S/C13H29NO/c1-5-7-9-12(6-2)13(14-3)10-8-11-15-4/h12-14H,5-11H2,1-4H3. The van der Waals surface area contributed by atoms with Crippen molar-refractivity contribution in [3.8, 4) is 0 Å². The molecule has 2 unspecified atom stereocenters. The van der Waals surface area contributed by atoms with E-state index in [1.807, 2.05) is 0 Å². The van der Waals surface area contributed by atoms with Crippen LogP contribution in [0.1, 0.15) is 52.4 Å². The SMILES string of the molecule is CCCCC(CC)C(CCCOC)NC. The third-order valence-corrected chi connectivity index (χ3v) is 3.26. The lowest BCUT2D eigenvalue weighted by Gasteiger charge is -2.26. The maximum atomic E-state index is 5.10. The van der Waals surface area contributed by atoms with Crippen LogP contribution < -0.4 is 5.32 Å². The van der Waals surface area contributed by atoms with E-state index in [-0.39, 0.29) is 0 Å². The van der Waals surface area contributed by atoms with Crippen molar-refractivity contribution < 1.29 is 4.74 Å². The first-order valence-corrected chi connectivity index (χ1v) is 6.46. The van der Waals surface area contributed by atoms with Crippen LogP contribution in [0.25, 0.3) is 0 Å². The van der Waals surface area contributed by atoms with E-state index in [0.717, 1.165) is 12.5 Å². The zero-order chi connectivity index (χ0) is 11.5. The van der Waals surface area contributed by atoms with Gasteiger partial charge in [0, 0.05) is 19.8 Å². The van der Waals surface area contributed by atoms with Gasteiger partial charge in [0.15, 0.2) is 0 Å². The van der Waals surface area contributed by atoms with Crippen molar-refractivity contribution >= 4 is 0 Å². The Hall–Kier alpha value is -0.0800. The fraction of sp³-hybridized carbons (Fsp3) is 1.00. The molecule has 2 heteroatoms. The number of methoxy groups -OCH3 is 1. The molecule has 0 heterocycles. The summed E-state index contributed by atoms with van der Waals surface area (Å²) in [7, 11) is 3.87. The van der Waals surface area contributed by atoms with Crippen LogP contribution >= 0.6 is 0 Å². The third kappa shape index (κ3) is 6.91. The van der Waals surface area contributed by atoms with E-state index in [1.54, 1.807) is 7.11 Å². The van der Waals surface area contributed by atoms with Crippen LogP contribution in [0.2, 0.25) is 0 Å². The number of hydrogen-bond acceptors (Lipinski definition) is 2. The van der Waals surface area contributed by atoms with E-state index >= 15 is 0 Å². The molecule has 2 atom stereocenters. The minimum Gasteiger partial charge on any atom is -0.385 e. The van der Waals surface area contributed by atoms with E-state index in [4.69, 9.17) is 4.74 Å². The molecule has 0 aliphatic rings. The molecule has 0 spiro atoms. The van der Waals surface area contributed by atoms with E-state index in [1.165, 1.54) is 38.5 Å². The Morgan fingerprint density at radius 3 is 2.33 bits per heavy atom. The Kier molecular flexibility index (Phi) is 10.4. The molecule has 1 N–H and O–H groups in total. The van der Waals surface area contributed by atoms with E-state index in [9.17, 15) is 0 Å². The minimum absolute atomic E-state index is 0.677. The normalized spacial score (nSPS) is 15.2. The zero-order valence-corrected chi connectivity index (χ0v) is 11.0. The number of nitrogens with one attached hydrogen (secondary N) is 1. The average Bonchev–Trinajstić information content (AvgIpc) is 2.27. The van der Waals surface area contributed by atoms with E-state index in [0.29, 0.717) is 6.04 Å². The van der Waals surface area contributed by atoms with Crippen molar-refractivity contribution in [3.63, 3.8) is 0 Å². The molecule has 0 aromatic heterocycles. The summed E-state index contributed by atoms with van der Waals surface area (Å²) in [6, 6.07) is 0.677. The topological polar surface area (TPSA) is 21.3 Å².